The van der Waals surface area contributed by atoms with Crippen molar-refractivity contribution >= 4 is 5.91 Å². The van der Waals surface area contributed by atoms with Gasteiger partial charge in [0.1, 0.15) is 11.3 Å². The SMILES string of the molecule is Cc1n[nH]c(=O)c(C(=O)NCC2CCOc3ccccc32)c1C. The number of H-pyrrole nitrogens is 1. The van der Waals surface area contributed by atoms with E-state index in [9.17, 15) is 9.59 Å². The number of aryl methyl sites for hydroxylation is 1. The molecule has 0 aliphatic carbocycles. The summed E-state index contributed by atoms with van der Waals surface area (Å²) >= 11 is 0. The van der Waals surface area contributed by atoms with Gasteiger partial charge in [0.2, 0.25) is 0 Å². The quantitative estimate of drug-likeness (QED) is 0.903. The Morgan fingerprint density at radius 3 is 3.00 bits per heavy atom. The number of carbonyl (C=O) groups is 1. The molecule has 1 aliphatic heterocycles. The third-order valence-electron chi connectivity index (χ3n) is 4.29. The lowest BCUT2D eigenvalue weighted by Gasteiger charge is -2.26. The average molecular weight is 313 g/mol. The fraction of sp³-hybridized carbons (Fsp3) is 0.353. The van der Waals surface area contributed by atoms with E-state index in [-0.39, 0.29) is 17.4 Å². The molecule has 0 bridgehead atoms. The fourth-order valence-electron chi connectivity index (χ4n) is 2.83. The summed E-state index contributed by atoms with van der Waals surface area (Å²) in [5.74, 6) is 0.691. The predicted molar refractivity (Wildman–Crippen MR) is 86.0 cm³/mol. The Hall–Kier alpha value is -2.63. The van der Waals surface area contributed by atoms with Crippen LogP contribution in [0.1, 0.15) is 39.5 Å². The molecule has 2 heterocycles. The highest BCUT2D eigenvalue weighted by Gasteiger charge is 2.23. The number of rotatable bonds is 3. The lowest BCUT2D eigenvalue weighted by atomic mass is 9.93. The van der Waals surface area contributed by atoms with Crippen LogP contribution < -0.4 is 15.6 Å². The van der Waals surface area contributed by atoms with Crippen LogP contribution >= 0.6 is 0 Å². The van der Waals surface area contributed by atoms with Gasteiger partial charge in [-0.1, -0.05) is 18.2 Å². The molecule has 3 rings (SSSR count). The van der Waals surface area contributed by atoms with Gasteiger partial charge in [-0.25, -0.2) is 5.10 Å². The monoisotopic (exact) mass is 313 g/mol. The number of fused-ring (bicyclic) bond motifs is 1. The molecule has 23 heavy (non-hydrogen) atoms. The molecule has 0 radical (unpaired) electrons. The molecule has 0 fully saturated rings. The van der Waals surface area contributed by atoms with Crippen molar-refractivity contribution in [2.75, 3.05) is 13.2 Å². The molecule has 6 heteroatoms. The predicted octanol–water partition coefficient (Wildman–Crippen LogP) is 1.68. The number of benzene rings is 1. The Bertz CT molecular complexity index is 798. The van der Waals surface area contributed by atoms with E-state index in [1.165, 1.54) is 0 Å². The van der Waals surface area contributed by atoms with Crippen LogP contribution in [0.25, 0.3) is 0 Å². The molecule has 2 N–H and O–H groups in total. The molecule has 6 nitrogen and oxygen atoms in total. The van der Waals surface area contributed by atoms with Crippen LogP contribution in [0.4, 0.5) is 0 Å². The molecular formula is C17H19N3O3. The van der Waals surface area contributed by atoms with Crippen LogP contribution in [0, 0.1) is 13.8 Å². The van der Waals surface area contributed by atoms with Crippen molar-refractivity contribution in [3.63, 3.8) is 0 Å². The maximum Gasteiger partial charge on any atom is 0.277 e. The van der Waals surface area contributed by atoms with Crippen LogP contribution in [0.2, 0.25) is 0 Å². The van der Waals surface area contributed by atoms with Gasteiger partial charge in [0.05, 0.1) is 12.3 Å². The second-order valence-electron chi connectivity index (χ2n) is 5.72. The number of ether oxygens (including phenoxy) is 1. The topological polar surface area (TPSA) is 84.1 Å². The summed E-state index contributed by atoms with van der Waals surface area (Å²) in [5, 5.41) is 9.10. The minimum absolute atomic E-state index is 0.137. The van der Waals surface area contributed by atoms with E-state index >= 15 is 0 Å². The van der Waals surface area contributed by atoms with E-state index in [0.29, 0.717) is 24.4 Å². The largest absolute Gasteiger partial charge is 0.493 e. The second kappa shape index (κ2) is 6.24. The van der Waals surface area contributed by atoms with Crippen molar-refractivity contribution < 1.29 is 9.53 Å². The van der Waals surface area contributed by atoms with Crippen molar-refractivity contribution in [1.82, 2.24) is 15.5 Å². The third-order valence-corrected chi connectivity index (χ3v) is 4.29. The molecule has 2 aromatic rings. The molecule has 0 spiro atoms. The zero-order chi connectivity index (χ0) is 16.4. The van der Waals surface area contributed by atoms with E-state index in [4.69, 9.17) is 4.74 Å². The average Bonchev–Trinajstić information content (AvgIpc) is 2.56. The summed E-state index contributed by atoms with van der Waals surface area (Å²) in [4.78, 5) is 24.3. The third kappa shape index (κ3) is 2.97. The summed E-state index contributed by atoms with van der Waals surface area (Å²) in [6.45, 7) is 4.60. The molecule has 1 atom stereocenters. The number of hydrogen-bond acceptors (Lipinski definition) is 4. The van der Waals surface area contributed by atoms with E-state index in [1.54, 1.807) is 13.8 Å². The number of hydrogen-bond donors (Lipinski definition) is 2. The zero-order valence-corrected chi connectivity index (χ0v) is 13.2. The summed E-state index contributed by atoms with van der Waals surface area (Å²) in [6.07, 6.45) is 0.835. The maximum absolute atomic E-state index is 12.4. The fourth-order valence-corrected chi connectivity index (χ4v) is 2.83. The van der Waals surface area contributed by atoms with E-state index < -0.39 is 5.56 Å². The summed E-state index contributed by atoms with van der Waals surface area (Å²) in [6, 6.07) is 7.84. The number of amides is 1. The number of nitrogens with one attached hydrogen (secondary N) is 2. The van der Waals surface area contributed by atoms with E-state index in [1.807, 2.05) is 24.3 Å². The van der Waals surface area contributed by atoms with Gasteiger partial charge < -0.3 is 10.1 Å². The standard InChI is InChI=1S/C17H19N3O3/c1-10-11(2)19-20-17(22)15(10)16(21)18-9-12-7-8-23-14-6-4-3-5-13(12)14/h3-6,12H,7-9H2,1-2H3,(H,18,21)(H,20,22). The van der Waals surface area contributed by atoms with Crippen LogP contribution in [0.3, 0.4) is 0 Å². The highest BCUT2D eigenvalue weighted by molar-refractivity contribution is 5.95. The van der Waals surface area contributed by atoms with Gasteiger partial charge in [-0.05, 0) is 37.5 Å². The van der Waals surface area contributed by atoms with Crippen LogP contribution in [-0.4, -0.2) is 29.3 Å². The van der Waals surface area contributed by atoms with Gasteiger partial charge in [0.15, 0.2) is 0 Å². The Labute approximate surface area is 133 Å². The van der Waals surface area contributed by atoms with Crippen molar-refractivity contribution in [2.45, 2.75) is 26.2 Å². The number of aromatic nitrogens is 2. The first kappa shape index (κ1) is 15.3. The van der Waals surface area contributed by atoms with Gasteiger partial charge in [-0.3, -0.25) is 9.59 Å². The van der Waals surface area contributed by atoms with Gasteiger partial charge in [0.25, 0.3) is 11.5 Å². The van der Waals surface area contributed by atoms with E-state index in [2.05, 4.69) is 15.5 Å². The number of para-hydroxylation sites is 1. The molecule has 0 saturated carbocycles. The molecule has 1 aliphatic rings. The van der Waals surface area contributed by atoms with Gasteiger partial charge >= 0.3 is 0 Å². The van der Waals surface area contributed by atoms with Crippen LogP contribution in [-0.2, 0) is 0 Å². The minimum Gasteiger partial charge on any atom is -0.493 e. The van der Waals surface area contributed by atoms with Gasteiger partial charge in [-0.2, -0.15) is 5.10 Å². The smallest absolute Gasteiger partial charge is 0.277 e. The first-order valence-electron chi connectivity index (χ1n) is 7.63. The van der Waals surface area contributed by atoms with Crippen molar-refractivity contribution in [3.8, 4) is 5.75 Å². The summed E-state index contributed by atoms with van der Waals surface area (Å²) in [7, 11) is 0. The Morgan fingerprint density at radius 1 is 1.39 bits per heavy atom. The molecular weight excluding hydrogens is 294 g/mol. The molecule has 1 amide bonds. The van der Waals surface area contributed by atoms with Crippen LogP contribution in [0.15, 0.2) is 29.1 Å². The first-order valence-corrected chi connectivity index (χ1v) is 7.63. The van der Waals surface area contributed by atoms with Crippen molar-refractivity contribution in [2.24, 2.45) is 0 Å². The highest BCUT2D eigenvalue weighted by atomic mass is 16.5. The van der Waals surface area contributed by atoms with Crippen LogP contribution in [0.5, 0.6) is 5.75 Å². The summed E-state index contributed by atoms with van der Waals surface area (Å²) < 4.78 is 5.62. The second-order valence-corrected chi connectivity index (χ2v) is 5.72. The normalized spacial score (nSPS) is 16.3. The number of nitrogens with zero attached hydrogens (tertiary/aromatic N) is 1. The maximum atomic E-state index is 12.4. The number of aromatic amines is 1. The minimum atomic E-state index is -0.460. The lowest BCUT2D eigenvalue weighted by molar-refractivity contribution is 0.0945. The molecule has 1 unspecified atom stereocenters. The molecule has 120 valence electrons. The first-order chi connectivity index (χ1) is 11.1. The van der Waals surface area contributed by atoms with Crippen molar-refractivity contribution in [1.29, 1.82) is 0 Å². The zero-order valence-electron chi connectivity index (χ0n) is 13.2. The summed E-state index contributed by atoms with van der Waals surface area (Å²) in [5.41, 5.74) is 2.02. The molecule has 1 aromatic carbocycles. The van der Waals surface area contributed by atoms with Gasteiger partial charge in [-0.15, -0.1) is 0 Å². The lowest BCUT2D eigenvalue weighted by Crippen LogP contribution is -2.35. The highest BCUT2D eigenvalue weighted by Crippen LogP contribution is 2.32. The van der Waals surface area contributed by atoms with Gasteiger partial charge in [0, 0.05) is 12.5 Å². The Kier molecular flexibility index (Phi) is 4.14. The molecule has 1 aromatic heterocycles. The van der Waals surface area contributed by atoms with Crippen molar-refractivity contribution in [3.05, 3.63) is 57.0 Å². The Morgan fingerprint density at radius 2 is 2.17 bits per heavy atom. The number of carbonyl (C=O) groups excluding carboxylic acids is 1. The van der Waals surface area contributed by atoms with E-state index in [0.717, 1.165) is 17.7 Å². The Balaban J connectivity index is 1.76. The molecule has 0 saturated heterocycles.